The molecule has 21 heavy (non-hydrogen) atoms. The van der Waals surface area contributed by atoms with Gasteiger partial charge in [0.25, 0.3) is 0 Å². The molecule has 1 nitrogen and oxygen atoms in total. The molecule has 1 unspecified atom stereocenters. The summed E-state index contributed by atoms with van der Waals surface area (Å²) in [5, 5.41) is 9.13. The van der Waals surface area contributed by atoms with E-state index in [1.54, 1.807) is 6.08 Å². The third kappa shape index (κ3) is 16.9. The predicted octanol–water partition coefficient (Wildman–Crippen LogP) is 5.79. The van der Waals surface area contributed by atoms with E-state index in [9.17, 15) is 0 Å². The highest BCUT2D eigenvalue weighted by Gasteiger charge is 1.91. The second-order valence-electron chi connectivity index (χ2n) is 5.71. The van der Waals surface area contributed by atoms with Crippen LogP contribution in [0.5, 0.6) is 0 Å². The molecule has 0 saturated heterocycles. The van der Waals surface area contributed by atoms with Gasteiger partial charge in [-0.25, -0.2) is 0 Å². The Kier molecular flexibility index (Phi) is 16.2. The molecule has 0 aromatic carbocycles. The van der Waals surface area contributed by atoms with Gasteiger partial charge in [-0.05, 0) is 44.6 Å². The molecule has 0 aliphatic carbocycles. The Balaban J connectivity index is 3.17. The van der Waals surface area contributed by atoms with Crippen molar-refractivity contribution in [2.75, 3.05) is 0 Å². The molecule has 120 valence electrons. The minimum atomic E-state index is -0.709. The maximum absolute atomic E-state index is 9.13. The van der Waals surface area contributed by atoms with E-state index in [4.69, 9.17) is 11.5 Å². The molecule has 0 radical (unpaired) electrons. The monoisotopic (exact) mass is 290 g/mol. The van der Waals surface area contributed by atoms with Gasteiger partial charge in [-0.15, -0.1) is 6.42 Å². The Labute approximate surface area is 132 Å². The standard InChI is InChI=1S/C20H34O/c1-3-5-6-7-8-9-10-11-12-13-14-15-16-17-18-19-20(21)4-2/h2,9-10,18-21H,3,5-8,11-17H2,1H3. The number of terminal acetylenes is 1. The summed E-state index contributed by atoms with van der Waals surface area (Å²) < 4.78 is 0. The van der Waals surface area contributed by atoms with Crippen molar-refractivity contribution < 1.29 is 5.11 Å². The SMILES string of the molecule is C#CC(O)C=CCCCCCCCC=CCCCCCC. The van der Waals surface area contributed by atoms with Gasteiger partial charge in [-0.2, -0.15) is 0 Å². The number of allylic oxidation sites excluding steroid dienone is 3. The maximum atomic E-state index is 9.13. The summed E-state index contributed by atoms with van der Waals surface area (Å²) in [6.07, 6.45) is 28.2. The van der Waals surface area contributed by atoms with Gasteiger partial charge in [-0.3, -0.25) is 0 Å². The molecule has 0 aromatic heterocycles. The van der Waals surface area contributed by atoms with Crippen LogP contribution < -0.4 is 0 Å². The lowest BCUT2D eigenvalue weighted by Gasteiger charge is -1.99. The van der Waals surface area contributed by atoms with Crippen molar-refractivity contribution >= 4 is 0 Å². The molecule has 0 rings (SSSR count). The van der Waals surface area contributed by atoms with E-state index in [0.717, 1.165) is 6.42 Å². The van der Waals surface area contributed by atoms with Gasteiger partial charge in [0.1, 0.15) is 6.10 Å². The summed E-state index contributed by atoms with van der Waals surface area (Å²) in [6.45, 7) is 2.26. The zero-order valence-electron chi connectivity index (χ0n) is 13.9. The fourth-order valence-corrected chi connectivity index (χ4v) is 2.26. The fraction of sp³-hybridized carbons (Fsp3) is 0.700. The molecule has 0 aromatic rings. The summed E-state index contributed by atoms with van der Waals surface area (Å²) in [4.78, 5) is 0. The zero-order valence-corrected chi connectivity index (χ0v) is 13.9. The minimum Gasteiger partial charge on any atom is -0.377 e. The van der Waals surface area contributed by atoms with Crippen molar-refractivity contribution in [1.82, 2.24) is 0 Å². The molecule has 0 saturated carbocycles. The van der Waals surface area contributed by atoms with Crippen LogP contribution in [0.2, 0.25) is 0 Å². The van der Waals surface area contributed by atoms with Crippen LogP contribution >= 0.6 is 0 Å². The highest BCUT2D eigenvalue weighted by molar-refractivity contribution is 5.05. The van der Waals surface area contributed by atoms with Crippen LogP contribution in [0, 0.1) is 12.3 Å². The molecule has 0 heterocycles. The third-order valence-corrected chi connectivity index (χ3v) is 3.62. The van der Waals surface area contributed by atoms with E-state index in [1.807, 2.05) is 6.08 Å². The van der Waals surface area contributed by atoms with E-state index < -0.39 is 6.10 Å². The number of aliphatic hydroxyl groups is 1. The number of aliphatic hydroxyl groups excluding tert-OH is 1. The first-order valence-corrected chi connectivity index (χ1v) is 8.77. The van der Waals surface area contributed by atoms with Crippen LogP contribution in [0.4, 0.5) is 0 Å². The Morgan fingerprint density at radius 1 is 0.810 bits per heavy atom. The van der Waals surface area contributed by atoms with Gasteiger partial charge < -0.3 is 5.11 Å². The third-order valence-electron chi connectivity index (χ3n) is 3.62. The average molecular weight is 290 g/mol. The van der Waals surface area contributed by atoms with E-state index >= 15 is 0 Å². The number of hydrogen-bond donors (Lipinski definition) is 1. The van der Waals surface area contributed by atoms with Crippen molar-refractivity contribution in [3.8, 4) is 12.3 Å². The van der Waals surface area contributed by atoms with Gasteiger partial charge in [-0.1, -0.05) is 69.6 Å². The highest BCUT2D eigenvalue weighted by atomic mass is 16.3. The van der Waals surface area contributed by atoms with Crippen LogP contribution in [-0.2, 0) is 0 Å². The predicted molar refractivity (Wildman–Crippen MR) is 94.2 cm³/mol. The Morgan fingerprint density at radius 3 is 1.81 bits per heavy atom. The molecule has 0 bridgehead atoms. The first kappa shape index (κ1) is 20.0. The van der Waals surface area contributed by atoms with E-state index in [1.165, 1.54) is 70.6 Å². The van der Waals surface area contributed by atoms with Crippen LogP contribution in [0.15, 0.2) is 24.3 Å². The lowest BCUT2D eigenvalue weighted by atomic mass is 10.1. The summed E-state index contributed by atoms with van der Waals surface area (Å²) in [5.41, 5.74) is 0. The molecular weight excluding hydrogens is 256 g/mol. The average Bonchev–Trinajstić information content (AvgIpc) is 2.50. The van der Waals surface area contributed by atoms with E-state index in [2.05, 4.69) is 25.0 Å². The molecule has 1 atom stereocenters. The van der Waals surface area contributed by atoms with Gasteiger partial charge in [0, 0.05) is 0 Å². The minimum absolute atomic E-state index is 0.709. The van der Waals surface area contributed by atoms with Gasteiger partial charge in [0.2, 0.25) is 0 Å². The largest absolute Gasteiger partial charge is 0.377 e. The molecule has 1 heteroatoms. The van der Waals surface area contributed by atoms with Crippen molar-refractivity contribution in [1.29, 1.82) is 0 Å². The summed E-state index contributed by atoms with van der Waals surface area (Å²) in [5.74, 6) is 2.28. The van der Waals surface area contributed by atoms with Gasteiger partial charge >= 0.3 is 0 Å². The summed E-state index contributed by atoms with van der Waals surface area (Å²) >= 11 is 0. The molecule has 1 N–H and O–H groups in total. The van der Waals surface area contributed by atoms with Crippen molar-refractivity contribution in [3.05, 3.63) is 24.3 Å². The van der Waals surface area contributed by atoms with E-state index in [0.29, 0.717) is 0 Å². The number of hydrogen-bond acceptors (Lipinski definition) is 1. The quantitative estimate of drug-likeness (QED) is 0.244. The summed E-state index contributed by atoms with van der Waals surface area (Å²) in [7, 11) is 0. The molecule has 0 spiro atoms. The normalized spacial score (nSPS) is 13.0. The first-order valence-electron chi connectivity index (χ1n) is 8.77. The zero-order chi connectivity index (χ0) is 15.6. The smallest absolute Gasteiger partial charge is 0.133 e. The molecular formula is C20H34O. The molecule has 0 amide bonds. The van der Waals surface area contributed by atoms with Gasteiger partial charge in [0.15, 0.2) is 0 Å². The lowest BCUT2D eigenvalue weighted by Crippen LogP contribution is -1.95. The van der Waals surface area contributed by atoms with Crippen molar-refractivity contribution in [2.24, 2.45) is 0 Å². The first-order chi connectivity index (χ1) is 10.3. The molecule has 0 fully saturated rings. The topological polar surface area (TPSA) is 20.2 Å². The molecule has 0 aliphatic heterocycles. The fourth-order valence-electron chi connectivity index (χ4n) is 2.26. The second-order valence-corrected chi connectivity index (χ2v) is 5.71. The van der Waals surface area contributed by atoms with Crippen molar-refractivity contribution in [2.45, 2.75) is 90.1 Å². The van der Waals surface area contributed by atoms with Crippen LogP contribution in [0.25, 0.3) is 0 Å². The Bertz CT molecular complexity index is 295. The summed E-state index contributed by atoms with van der Waals surface area (Å²) in [6, 6.07) is 0. The lowest BCUT2D eigenvalue weighted by molar-refractivity contribution is 0.280. The number of rotatable bonds is 14. The highest BCUT2D eigenvalue weighted by Crippen LogP contribution is 2.09. The van der Waals surface area contributed by atoms with Crippen LogP contribution in [0.3, 0.4) is 0 Å². The Hall–Kier alpha value is -1.00. The van der Waals surface area contributed by atoms with Crippen molar-refractivity contribution in [3.63, 3.8) is 0 Å². The van der Waals surface area contributed by atoms with Crippen LogP contribution in [-0.4, -0.2) is 11.2 Å². The Morgan fingerprint density at radius 2 is 1.29 bits per heavy atom. The van der Waals surface area contributed by atoms with Crippen LogP contribution in [0.1, 0.15) is 84.0 Å². The van der Waals surface area contributed by atoms with Gasteiger partial charge in [0.05, 0.1) is 0 Å². The molecule has 0 aliphatic rings. The van der Waals surface area contributed by atoms with E-state index in [-0.39, 0.29) is 0 Å². The number of unbranched alkanes of at least 4 members (excludes halogenated alkanes) is 10. The second kappa shape index (κ2) is 17.1. The maximum Gasteiger partial charge on any atom is 0.133 e.